The van der Waals surface area contributed by atoms with Gasteiger partial charge in [0.25, 0.3) is 0 Å². The third kappa shape index (κ3) is 13.9. The molecule has 0 aromatic carbocycles. The Bertz CT molecular complexity index is 1760. The first kappa shape index (κ1) is 59.9. The van der Waals surface area contributed by atoms with Crippen molar-refractivity contribution >= 4 is 60.8 Å². The third-order valence-electron chi connectivity index (χ3n) is 15.6. The second-order valence-electron chi connectivity index (χ2n) is 20.3. The van der Waals surface area contributed by atoms with Crippen LogP contribution in [0, 0.1) is 71.0 Å². The molecule has 5 aliphatic rings. The maximum absolute atomic E-state index is 12.8. The van der Waals surface area contributed by atoms with Gasteiger partial charge in [0.1, 0.15) is 0 Å². The highest BCUT2D eigenvalue weighted by Crippen LogP contribution is 2.70. The van der Waals surface area contributed by atoms with Crippen LogP contribution < -0.4 is 0 Å². The Morgan fingerprint density at radius 1 is 0.221 bits per heavy atom. The molecule has 0 radical (unpaired) electrons. The summed E-state index contributed by atoms with van der Waals surface area (Å²) in [5.74, 6) is -17.9. The van der Waals surface area contributed by atoms with Gasteiger partial charge in [-0.1, -0.05) is 0 Å². The van der Waals surface area contributed by atoms with Crippen LogP contribution in [0.3, 0.4) is 0 Å². The van der Waals surface area contributed by atoms with Crippen LogP contribution in [-0.2, 0) is 36.5 Å². The van der Waals surface area contributed by atoms with Gasteiger partial charge in [0.2, 0.25) is 0 Å². The molecule has 5 rings (SSSR count). The molecule has 0 amide bonds. The number of aliphatic hydroxyl groups is 4. The first-order chi connectivity index (χ1) is 30.4. The van der Waals surface area contributed by atoms with E-state index in [0.717, 1.165) is 0 Å². The molecule has 0 heterocycles. The SMILES string of the molecule is O=P(O)(O)C(C1CC2CC3CC(C(P(=O)(O)O)P(=O)(O)O)CC(CC4CC(C(P(=O)(O)O)P(=O)(O)O)CC(CC5CC(C(P(=O)(O)O)P(=O)(O)O)CC(CC(C1)C2O)C5O)C4O)C3O)P(=O)(O)O. The summed E-state index contributed by atoms with van der Waals surface area (Å²) >= 11 is 0. The largest absolute Gasteiger partial charge is 0.393 e. The van der Waals surface area contributed by atoms with E-state index in [1.807, 2.05) is 0 Å². The normalized spacial score (nSPS) is 38.0. The maximum atomic E-state index is 12.8. The average molecular weight is 1140 g/mol. The van der Waals surface area contributed by atoms with Crippen molar-refractivity contribution in [3.05, 3.63) is 0 Å². The smallest absolute Gasteiger partial charge is 0.340 e. The van der Waals surface area contributed by atoms with Crippen LogP contribution in [0.1, 0.15) is 77.0 Å². The van der Waals surface area contributed by atoms with Gasteiger partial charge in [0.15, 0.2) is 21.6 Å². The van der Waals surface area contributed by atoms with Crippen molar-refractivity contribution in [3.8, 4) is 0 Å². The van der Waals surface area contributed by atoms with Crippen LogP contribution in [0.15, 0.2) is 0 Å². The van der Waals surface area contributed by atoms with E-state index in [1.54, 1.807) is 0 Å². The minimum absolute atomic E-state index is 0.555. The van der Waals surface area contributed by atoms with Crippen LogP contribution in [0.4, 0.5) is 0 Å². The van der Waals surface area contributed by atoms with Gasteiger partial charge in [0, 0.05) is 0 Å². The lowest BCUT2D eigenvalue weighted by molar-refractivity contribution is -0.0938. The summed E-state index contributed by atoms with van der Waals surface area (Å²) < 4.78 is 103. The van der Waals surface area contributed by atoms with Gasteiger partial charge < -0.3 is 98.7 Å². The fourth-order valence-electron chi connectivity index (χ4n) is 13.5. The van der Waals surface area contributed by atoms with E-state index in [1.165, 1.54) is 0 Å². The van der Waals surface area contributed by atoms with E-state index < -0.39 is 255 Å². The second-order valence-corrected chi connectivity index (χ2v) is 35.8. The molecule has 5 aliphatic carbocycles. The molecular weight excluding hydrogens is 1080 g/mol. The van der Waals surface area contributed by atoms with Crippen LogP contribution in [-0.4, -0.2) is 145 Å². The van der Waals surface area contributed by atoms with Gasteiger partial charge in [-0.05, 0) is 148 Å². The highest BCUT2D eigenvalue weighted by Gasteiger charge is 2.60. The lowest BCUT2D eigenvalue weighted by Gasteiger charge is -2.51. The molecule has 28 nitrogen and oxygen atoms in total. The number of hydrogen-bond donors (Lipinski definition) is 20. The Hall–Kier alpha value is 1.04. The monoisotopic (exact) mass is 1140 g/mol. The molecular formula is C32H64O28P8. The third-order valence-corrected chi connectivity index (χ3v) is 31.7. The van der Waals surface area contributed by atoms with E-state index in [2.05, 4.69) is 0 Å². The van der Waals surface area contributed by atoms with E-state index in [9.17, 15) is 135 Å². The molecule has 0 saturated heterocycles. The van der Waals surface area contributed by atoms with Gasteiger partial charge in [-0.25, -0.2) is 0 Å². The van der Waals surface area contributed by atoms with Crippen molar-refractivity contribution < 1.29 is 135 Å². The zero-order valence-electron chi connectivity index (χ0n) is 35.8. The lowest BCUT2D eigenvalue weighted by atomic mass is 9.59. The summed E-state index contributed by atoms with van der Waals surface area (Å²) in [6, 6.07) is 0. The van der Waals surface area contributed by atoms with Crippen molar-refractivity contribution in [3.63, 3.8) is 0 Å². The summed E-state index contributed by atoms with van der Waals surface area (Å²) in [5.41, 5.74) is 0. The Morgan fingerprint density at radius 3 is 0.412 bits per heavy atom. The number of rotatable bonds is 12. The predicted molar refractivity (Wildman–Crippen MR) is 233 cm³/mol. The van der Waals surface area contributed by atoms with Crippen LogP contribution in [0.25, 0.3) is 0 Å². The van der Waals surface area contributed by atoms with Crippen molar-refractivity contribution in [2.24, 2.45) is 71.0 Å². The molecule has 8 bridgehead atoms. The fraction of sp³-hybridized carbons (Fsp3) is 1.00. The predicted octanol–water partition coefficient (Wildman–Crippen LogP) is 0.300. The molecule has 0 aromatic rings. The van der Waals surface area contributed by atoms with Crippen molar-refractivity contribution in [1.82, 2.24) is 0 Å². The molecule has 5 saturated carbocycles. The topological polar surface area (TPSA) is 541 Å². The Labute approximate surface area is 389 Å². The highest BCUT2D eigenvalue weighted by atomic mass is 31.3. The van der Waals surface area contributed by atoms with Gasteiger partial charge in [-0.3, -0.25) is 36.5 Å². The van der Waals surface area contributed by atoms with Gasteiger partial charge in [0.05, 0.1) is 24.4 Å². The van der Waals surface area contributed by atoms with E-state index in [-0.39, 0.29) is 0 Å². The van der Waals surface area contributed by atoms with Gasteiger partial charge in [-0.2, -0.15) is 0 Å². The molecule has 20 N–H and O–H groups in total. The van der Waals surface area contributed by atoms with Gasteiger partial charge in [-0.15, -0.1) is 0 Å². The summed E-state index contributed by atoms with van der Waals surface area (Å²) in [6.07, 6.45) is -14.1. The lowest BCUT2D eigenvalue weighted by Crippen LogP contribution is -2.50. The van der Waals surface area contributed by atoms with Gasteiger partial charge >= 0.3 is 60.8 Å². The standard InChI is InChI=1S/C32H64O28P8/c33-25-13-1-14-6-22(30(63(43,44)45)64(46,47)48)8-16(26(14)34)3-18-10-24(32(67(55,56)57)68(58,59)60)12-20(28(18)36)4-19-11-23(31(65(49,50)51)66(52,53)54)9-17(27(19)35)2-15(25)7-21(5-13)29(61(37,38)39)62(40,41)42/h13-36H,1-12H2,(H2,37,38,39)(H2,40,41,42)(H2,43,44,45)(H2,46,47,48)(H2,49,50,51)(H2,52,53,54)(H2,55,56,57)(H2,58,59,60). The molecule has 0 aromatic heterocycles. The first-order valence-electron chi connectivity index (χ1n) is 21.6. The van der Waals surface area contributed by atoms with Crippen molar-refractivity contribution in [1.29, 1.82) is 0 Å². The molecule has 36 heteroatoms. The quantitative estimate of drug-likeness (QED) is 0.117. The number of fused-ring (bicyclic) bond motifs is 8. The van der Waals surface area contributed by atoms with Crippen molar-refractivity contribution in [2.45, 2.75) is 123 Å². The van der Waals surface area contributed by atoms with E-state index in [4.69, 9.17) is 0 Å². The highest BCUT2D eigenvalue weighted by molar-refractivity contribution is 7.72. The minimum Gasteiger partial charge on any atom is -0.393 e. The van der Waals surface area contributed by atoms with Crippen molar-refractivity contribution in [2.75, 3.05) is 0 Å². The molecule has 5 fully saturated rings. The van der Waals surface area contributed by atoms with E-state index >= 15 is 0 Å². The zero-order valence-corrected chi connectivity index (χ0v) is 43.0. The molecule has 8 atom stereocenters. The first-order valence-corrected chi connectivity index (χ1v) is 35.0. The summed E-state index contributed by atoms with van der Waals surface area (Å²) in [7, 11) is -46.1. The second kappa shape index (κ2) is 20.9. The van der Waals surface area contributed by atoms with Crippen LogP contribution in [0.2, 0.25) is 0 Å². The Balaban J connectivity index is 1.75. The maximum Gasteiger partial charge on any atom is 0.340 e. The average Bonchev–Trinajstić information content (AvgIpc) is 3.07. The Kier molecular flexibility index (Phi) is 18.4. The summed E-state index contributed by atoms with van der Waals surface area (Å²) in [6.45, 7) is 0. The zero-order chi connectivity index (χ0) is 52.0. The summed E-state index contributed by atoms with van der Waals surface area (Å²) in [5, 5.41) is 37.6. The van der Waals surface area contributed by atoms with E-state index in [0.29, 0.717) is 0 Å². The minimum atomic E-state index is -5.76. The number of aliphatic hydroxyl groups excluding tert-OH is 4. The molecule has 0 aliphatic heterocycles. The Morgan fingerprint density at radius 2 is 0.324 bits per heavy atom. The molecule has 400 valence electrons. The number of hydrogen-bond acceptors (Lipinski definition) is 12. The molecule has 0 spiro atoms. The molecule has 68 heavy (non-hydrogen) atoms. The molecule has 8 unspecified atom stereocenters. The van der Waals surface area contributed by atoms with Crippen LogP contribution in [0.5, 0.6) is 0 Å². The fourth-order valence-corrected chi connectivity index (χ4v) is 26.2. The summed E-state index contributed by atoms with van der Waals surface area (Å²) in [4.78, 5) is 165. The van der Waals surface area contributed by atoms with Crippen LogP contribution >= 0.6 is 60.8 Å².